The lowest BCUT2D eigenvalue weighted by Crippen LogP contribution is -2.44. The van der Waals surface area contributed by atoms with Crippen molar-refractivity contribution in [2.75, 3.05) is 11.6 Å². The fourth-order valence-corrected chi connectivity index (χ4v) is 1.18. The minimum atomic E-state index is 0.283. The van der Waals surface area contributed by atoms with Crippen LogP contribution in [0.2, 0.25) is 0 Å². The molecule has 4 heteroatoms. The first kappa shape index (κ1) is 9.80. The molecule has 1 rings (SSSR count). The lowest BCUT2D eigenvalue weighted by Gasteiger charge is -2.23. The van der Waals surface area contributed by atoms with Crippen LogP contribution in [0.25, 0.3) is 0 Å². The van der Waals surface area contributed by atoms with E-state index in [1.165, 1.54) is 0 Å². The Labute approximate surface area is 83.5 Å². The SMILES string of the molecule is CCN(NC(N)=S)c1ccccc1. The topological polar surface area (TPSA) is 41.3 Å². The van der Waals surface area contributed by atoms with E-state index in [9.17, 15) is 0 Å². The summed E-state index contributed by atoms with van der Waals surface area (Å²) in [5.41, 5.74) is 9.33. The van der Waals surface area contributed by atoms with Gasteiger partial charge in [0, 0.05) is 6.54 Å². The van der Waals surface area contributed by atoms with Gasteiger partial charge in [0.05, 0.1) is 5.69 Å². The summed E-state index contributed by atoms with van der Waals surface area (Å²) in [6.45, 7) is 2.83. The van der Waals surface area contributed by atoms with Gasteiger partial charge in [-0.05, 0) is 31.3 Å². The van der Waals surface area contributed by atoms with Crippen LogP contribution in [0, 0.1) is 0 Å². The highest BCUT2D eigenvalue weighted by molar-refractivity contribution is 7.80. The molecule has 0 amide bonds. The third kappa shape index (κ3) is 2.91. The zero-order valence-electron chi connectivity index (χ0n) is 7.53. The first-order chi connectivity index (χ1) is 6.24. The Hall–Kier alpha value is -1.29. The van der Waals surface area contributed by atoms with Crippen LogP contribution in [0.4, 0.5) is 5.69 Å². The van der Waals surface area contributed by atoms with Crippen molar-refractivity contribution in [3.63, 3.8) is 0 Å². The fourth-order valence-electron chi connectivity index (χ4n) is 1.07. The minimum Gasteiger partial charge on any atom is -0.375 e. The molecular weight excluding hydrogens is 182 g/mol. The number of benzene rings is 1. The van der Waals surface area contributed by atoms with Crippen molar-refractivity contribution in [2.45, 2.75) is 6.92 Å². The van der Waals surface area contributed by atoms with Gasteiger partial charge in [-0.1, -0.05) is 18.2 Å². The van der Waals surface area contributed by atoms with Crippen LogP contribution in [0.3, 0.4) is 0 Å². The Balaban J connectivity index is 2.73. The van der Waals surface area contributed by atoms with Crippen molar-refractivity contribution in [1.82, 2.24) is 5.43 Å². The summed E-state index contributed by atoms with van der Waals surface area (Å²) in [6.07, 6.45) is 0. The van der Waals surface area contributed by atoms with Crippen LogP contribution >= 0.6 is 12.2 Å². The molecule has 13 heavy (non-hydrogen) atoms. The molecule has 0 unspecified atom stereocenters. The summed E-state index contributed by atoms with van der Waals surface area (Å²) < 4.78 is 0. The molecule has 70 valence electrons. The van der Waals surface area contributed by atoms with Gasteiger partial charge in [-0.2, -0.15) is 0 Å². The molecule has 0 aliphatic carbocycles. The molecule has 3 N–H and O–H groups in total. The van der Waals surface area contributed by atoms with Crippen molar-refractivity contribution >= 4 is 23.0 Å². The second-order valence-electron chi connectivity index (χ2n) is 2.56. The maximum atomic E-state index is 5.38. The lowest BCUT2D eigenvalue weighted by atomic mass is 10.3. The second-order valence-corrected chi connectivity index (χ2v) is 3.00. The van der Waals surface area contributed by atoms with E-state index in [4.69, 9.17) is 18.0 Å². The van der Waals surface area contributed by atoms with Crippen molar-refractivity contribution < 1.29 is 0 Å². The Morgan fingerprint density at radius 1 is 1.46 bits per heavy atom. The van der Waals surface area contributed by atoms with Gasteiger partial charge in [0.2, 0.25) is 0 Å². The van der Waals surface area contributed by atoms with Crippen molar-refractivity contribution in [1.29, 1.82) is 0 Å². The van der Waals surface area contributed by atoms with Gasteiger partial charge < -0.3 is 5.73 Å². The highest BCUT2D eigenvalue weighted by Gasteiger charge is 2.01. The predicted octanol–water partition coefficient (Wildman–Crippen LogP) is 1.26. The Bertz CT molecular complexity index is 273. The quantitative estimate of drug-likeness (QED) is 0.563. The van der Waals surface area contributed by atoms with E-state index in [2.05, 4.69) is 5.43 Å². The average molecular weight is 195 g/mol. The second kappa shape index (κ2) is 4.67. The number of hydrazine groups is 1. The van der Waals surface area contributed by atoms with E-state index in [-0.39, 0.29) is 5.11 Å². The molecule has 0 atom stereocenters. The lowest BCUT2D eigenvalue weighted by molar-refractivity contribution is 0.797. The van der Waals surface area contributed by atoms with Crippen molar-refractivity contribution in [2.24, 2.45) is 5.73 Å². The standard InChI is InChI=1S/C9H13N3S/c1-2-12(11-9(10)13)8-6-4-3-5-7-8/h3-7H,2H2,1H3,(H3,10,11,13). The van der Waals surface area contributed by atoms with Gasteiger partial charge in [0.25, 0.3) is 0 Å². The van der Waals surface area contributed by atoms with Crippen molar-refractivity contribution in [3.05, 3.63) is 30.3 Å². The largest absolute Gasteiger partial charge is 0.375 e. The van der Waals surface area contributed by atoms with E-state index in [1.54, 1.807) is 0 Å². The molecule has 3 nitrogen and oxygen atoms in total. The summed E-state index contributed by atoms with van der Waals surface area (Å²) in [6, 6.07) is 9.90. The van der Waals surface area contributed by atoms with Gasteiger partial charge in [0.15, 0.2) is 5.11 Å². The molecular formula is C9H13N3S. The number of nitrogens with two attached hydrogens (primary N) is 1. The number of thiocarbonyl (C=S) groups is 1. The molecule has 0 aromatic heterocycles. The number of hydrogen-bond donors (Lipinski definition) is 2. The number of rotatable bonds is 3. The number of hydrogen-bond acceptors (Lipinski definition) is 2. The maximum Gasteiger partial charge on any atom is 0.182 e. The van der Waals surface area contributed by atoms with Crippen LogP contribution in [-0.2, 0) is 0 Å². The summed E-state index contributed by atoms with van der Waals surface area (Å²) in [4.78, 5) is 0. The molecule has 0 spiro atoms. The fraction of sp³-hybridized carbons (Fsp3) is 0.222. The Morgan fingerprint density at radius 3 is 2.54 bits per heavy atom. The summed E-state index contributed by atoms with van der Waals surface area (Å²) >= 11 is 4.76. The third-order valence-electron chi connectivity index (χ3n) is 1.63. The van der Waals surface area contributed by atoms with Crippen LogP contribution < -0.4 is 16.2 Å². The van der Waals surface area contributed by atoms with E-state index in [1.807, 2.05) is 42.3 Å². The van der Waals surface area contributed by atoms with E-state index >= 15 is 0 Å². The highest BCUT2D eigenvalue weighted by atomic mass is 32.1. The molecule has 0 saturated carbocycles. The summed E-state index contributed by atoms with van der Waals surface area (Å²) in [7, 11) is 0. The molecule has 0 radical (unpaired) electrons. The smallest absolute Gasteiger partial charge is 0.182 e. The summed E-state index contributed by atoms with van der Waals surface area (Å²) in [5.74, 6) is 0. The van der Waals surface area contributed by atoms with Gasteiger partial charge in [-0.3, -0.25) is 10.4 Å². The Kier molecular flexibility index (Phi) is 3.52. The average Bonchev–Trinajstić information content (AvgIpc) is 2.15. The number of anilines is 1. The van der Waals surface area contributed by atoms with Crippen LogP contribution in [0.5, 0.6) is 0 Å². The predicted molar refractivity (Wildman–Crippen MR) is 59.4 cm³/mol. The molecule has 0 heterocycles. The summed E-state index contributed by atoms with van der Waals surface area (Å²) in [5, 5.41) is 2.17. The zero-order chi connectivity index (χ0) is 9.68. The number of nitrogens with zero attached hydrogens (tertiary/aromatic N) is 1. The van der Waals surface area contributed by atoms with Crippen molar-refractivity contribution in [3.8, 4) is 0 Å². The number of para-hydroxylation sites is 1. The van der Waals surface area contributed by atoms with Gasteiger partial charge >= 0.3 is 0 Å². The van der Waals surface area contributed by atoms with E-state index in [0.717, 1.165) is 12.2 Å². The first-order valence-corrected chi connectivity index (χ1v) is 4.53. The van der Waals surface area contributed by atoms with Crippen LogP contribution in [-0.4, -0.2) is 11.7 Å². The van der Waals surface area contributed by atoms with Crippen LogP contribution in [0.15, 0.2) is 30.3 Å². The van der Waals surface area contributed by atoms with Gasteiger partial charge in [-0.25, -0.2) is 0 Å². The third-order valence-corrected chi connectivity index (χ3v) is 1.72. The van der Waals surface area contributed by atoms with Crippen LogP contribution in [0.1, 0.15) is 6.92 Å². The van der Waals surface area contributed by atoms with Gasteiger partial charge in [-0.15, -0.1) is 0 Å². The molecule has 1 aromatic carbocycles. The highest BCUT2D eigenvalue weighted by Crippen LogP contribution is 2.09. The molecule has 0 aliphatic heterocycles. The maximum absolute atomic E-state index is 5.38. The first-order valence-electron chi connectivity index (χ1n) is 4.12. The molecule has 0 bridgehead atoms. The van der Waals surface area contributed by atoms with E-state index < -0.39 is 0 Å². The zero-order valence-corrected chi connectivity index (χ0v) is 8.34. The Morgan fingerprint density at radius 2 is 2.08 bits per heavy atom. The normalized spacial score (nSPS) is 9.31. The molecule has 1 aromatic rings. The number of nitrogens with one attached hydrogen (secondary N) is 1. The molecule has 0 saturated heterocycles. The van der Waals surface area contributed by atoms with Gasteiger partial charge in [0.1, 0.15) is 0 Å². The molecule has 0 aliphatic rings. The molecule has 0 fully saturated rings. The minimum absolute atomic E-state index is 0.283. The monoisotopic (exact) mass is 195 g/mol. The van der Waals surface area contributed by atoms with E-state index in [0.29, 0.717) is 0 Å².